The van der Waals surface area contributed by atoms with Gasteiger partial charge in [-0.2, -0.15) is 0 Å². The minimum absolute atomic E-state index is 0.164. The molecule has 4 nitrogen and oxygen atoms in total. The number of hydrogen-bond acceptors (Lipinski definition) is 2. The van der Waals surface area contributed by atoms with Crippen molar-refractivity contribution in [3.8, 4) is 0 Å². The molecular formula is C28H30FN3O. The quantitative estimate of drug-likeness (QED) is 0.551. The lowest BCUT2D eigenvalue weighted by Crippen LogP contribution is -2.58. The zero-order valence-corrected chi connectivity index (χ0v) is 18.8. The number of para-hydroxylation sites is 1. The van der Waals surface area contributed by atoms with E-state index in [2.05, 4.69) is 39.8 Å². The number of nitrogens with zero attached hydrogens (tertiary/aromatic N) is 1. The molecule has 33 heavy (non-hydrogen) atoms. The summed E-state index contributed by atoms with van der Waals surface area (Å²) >= 11 is 0. The van der Waals surface area contributed by atoms with E-state index >= 15 is 0 Å². The van der Waals surface area contributed by atoms with Gasteiger partial charge in [-0.25, -0.2) is 9.18 Å². The molecule has 5 rings (SSSR count). The molecule has 0 aromatic heterocycles. The summed E-state index contributed by atoms with van der Waals surface area (Å²) in [5, 5.41) is 6.36. The van der Waals surface area contributed by atoms with Crippen molar-refractivity contribution in [3.63, 3.8) is 0 Å². The molecule has 0 spiro atoms. The van der Waals surface area contributed by atoms with Crippen molar-refractivity contribution >= 4 is 11.7 Å². The number of halogens is 1. The first kappa shape index (κ1) is 21.7. The van der Waals surface area contributed by atoms with Crippen LogP contribution in [0.25, 0.3) is 0 Å². The number of amides is 2. The highest BCUT2D eigenvalue weighted by Crippen LogP contribution is 2.33. The predicted octanol–water partition coefficient (Wildman–Crippen LogP) is 5.19. The Kier molecular flexibility index (Phi) is 6.14. The number of carbonyl (C=O) groups is 1. The second-order valence-electron chi connectivity index (χ2n) is 9.44. The van der Waals surface area contributed by atoms with E-state index in [9.17, 15) is 9.18 Å². The maximum Gasteiger partial charge on any atom is 0.319 e. The van der Waals surface area contributed by atoms with Crippen molar-refractivity contribution in [1.29, 1.82) is 0 Å². The van der Waals surface area contributed by atoms with E-state index in [1.165, 1.54) is 11.1 Å². The molecule has 2 amide bonds. The highest BCUT2D eigenvalue weighted by Gasteiger charge is 2.42. The number of fused-ring (bicyclic) bond motifs is 1. The van der Waals surface area contributed by atoms with Crippen molar-refractivity contribution in [2.75, 3.05) is 18.4 Å². The molecule has 3 aromatic carbocycles. The van der Waals surface area contributed by atoms with Gasteiger partial charge >= 0.3 is 6.03 Å². The third-order valence-corrected chi connectivity index (χ3v) is 6.98. The average molecular weight is 444 g/mol. The Hall–Kier alpha value is -3.18. The maximum atomic E-state index is 13.3. The van der Waals surface area contributed by atoms with E-state index in [4.69, 9.17) is 0 Å². The van der Waals surface area contributed by atoms with Crippen molar-refractivity contribution < 1.29 is 9.18 Å². The van der Waals surface area contributed by atoms with Gasteiger partial charge in [-0.1, -0.05) is 54.6 Å². The third-order valence-electron chi connectivity index (χ3n) is 6.98. The molecule has 1 unspecified atom stereocenters. The number of likely N-dealkylation sites (tertiary alicyclic amines) is 1. The molecule has 0 saturated carbocycles. The second kappa shape index (κ2) is 9.36. The van der Waals surface area contributed by atoms with Crippen LogP contribution in [0.15, 0.2) is 78.9 Å². The predicted molar refractivity (Wildman–Crippen MR) is 130 cm³/mol. The molecule has 1 atom stereocenters. The van der Waals surface area contributed by atoms with Gasteiger partial charge in [-0.15, -0.1) is 0 Å². The highest BCUT2D eigenvalue weighted by molar-refractivity contribution is 5.89. The molecule has 1 saturated heterocycles. The summed E-state index contributed by atoms with van der Waals surface area (Å²) in [7, 11) is 0. The topological polar surface area (TPSA) is 44.4 Å². The molecule has 1 aliphatic carbocycles. The van der Waals surface area contributed by atoms with Gasteiger partial charge in [0.05, 0.1) is 5.54 Å². The van der Waals surface area contributed by atoms with Crippen LogP contribution < -0.4 is 10.6 Å². The number of hydrogen-bond donors (Lipinski definition) is 2. The van der Waals surface area contributed by atoms with Crippen molar-refractivity contribution in [2.24, 2.45) is 0 Å². The van der Waals surface area contributed by atoms with Gasteiger partial charge in [-0.3, -0.25) is 4.90 Å². The lowest BCUT2D eigenvalue weighted by atomic mass is 9.93. The summed E-state index contributed by atoms with van der Waals surface area (Å²) in [5.41, 5.74) is 4.22. The Balaban J connectivity index is 1.33. The van der Waals surface area contributed by atoms with Crippen LogP contribution in [-0.4, -0.2) is 35.6 Å². The molecule has 2 N–H and O–H groups in total. The zero-order chi connectivity index (χ0) is 22.7. The Morgan fingerprint density at radius 3 is 2.30 bits per heavy atom. The summed E-state index contributed by atoms with van der Waals surface area (Å²) in [4.78, 5) is 15.6. The van der Waals surface area contributed by atoms with Crippen LogP contribution in [0.2, 0.25) is 0 Å². The number of anilines is 1. The number of carbonyl (C=O) groups excluding carboxylic acids is 1. The van der Waals surface area contributed by atoms with E-state index in [-0.39, 0.29) is 17.4 Å². The van der Waals surface area contributed by atoms with Gasteiger partial charge in [0.1, 0.15) is 5.82 Å². The summed E-state index contributed by atoms with van der Waals surface area (Å²) < 4.78 is 13.3. The standard InChI is InChI=1S/C28H30FN3O/c29-24-14-12-21(13-15-24)17-26-11-6-16-32(26)20-28(18-22-7-4-5-8-23(22)19-28)31-27(33)30-25-9-2-1-3-10-25/h1-5,7-10,12-15,26H,6,11,16-20H2,(H2,30,31,33). The maximum absolute atomic E-state index is 13.3. The highest BCUT2D eigenvalue weighted by atomic mass is 19.1. The fourth-order valence-corrected chi connectivity index (χ4v) is 5.47. The van der Waals surface area contributed by atoms with Crippen LogP contribution in [0.4, 0.5) is 14.9 Å². The first-order chi connectivity index (χ1) is 16.1. The van der Waals surface area contributed by atoms with E-state index in [0.717, 1.165) is 56.4 Å². The lowest BCUT2D eigenvalue weighted by molar-refractivity contribution is 0.171. The first-order valence-electron chi connectivity index (χ1n) is 11.8. The third kappa shape index (κ3) is 5.09. The lowest BCUT2D eigenvalue weighted by Gasteiger charge is -2.37. The SMILES string of the molecule is O=C(Nc1ccccc1)NC1(CN2CCCC2Cc2ccc(F)cc2)Cc2ccccc2C1. The van der Waals surface area contributed by atoms with E-state index in [1.54, 1.807) is 12.1 Å². The van der Waals surface area contributed by atoms with Crippen LogP contribution in [0.3, 0.4) is 0 Å². The summed E-state index contributed by atoms with van der Waals surface area (Å²) in [6.07, 6.45) is 4.82. The average Bonchev–Trinajstić information content (AvgIpc) is 3.39. The Labute approximate surface area is 194 Å². The molecule has 1 aliphatic heterocycles. The second-order valence-corrected chi connectivity index (χ2v) is 9.44. The number of benzene rings is 3. The van der Waals surface area contributed by atoms with Gasteiger partial charge in [-0.05, 0) is 79.6 Å². The van der Waals surface area contributed by atoms with Gasteiger partial charge in [0.25, 0.3) is 0 Å². The van der Waals surface area contributed by atoms with Crippen LogP contribution in [-0.2, 0) is 19.3 Å². The fourth-order valence-electron chi connectivity index (χ4n) is 5.47. The number of urea groups is 1. The molecule has 2 aliphatic rings. The molecule has 1 fully saturated rings. The van der Waals surface area contributed by atoms with E-state index < -0.39 is 0 Å². The van der Waals surface area contributed by atoms with Gasteiger partial charge in [0, 0.05) is 18.3 Å². The molecule has 0 radical (unpaired) electrons. The fraction of sp³-hybridized carbons (Fsp3) is 0.321. The smallest absolute Gasteiger partial charge is 0.319 e. The molecule has 1 heterocycles. The molecule has 170 valence electrons. The molecule has 0 bridgehead atoms. The molecular weight excluding hydrogens is 413 g/mol. The minimum atomic E-state index is -0.353. The van der Waals surface area contributed by atoms with Crippen LogP contribution in [0, 0.1) is 5.82 Å². The zero-order valence-electron chi connectivity index (χ0n) is 18.8. The summed E-state index contributed by atoms with van der Waals surface area (Å²) in [5.74, 6) is -0.196. The first-order valence-corrected chi connectivity index (χ1v) is 11.8. The summed E-state index contributed by atoms with van der Waals surface area (Å²) in [6.45, 7) is 1.82. The Bertz CT molecular complexity index is 1070. The van der Waals surface area contributed by atoms with Crippen molar-refractivity contribution in [1.82, 2.24) is 10.2 Å². The van der Waals surface area contributed by atoms with Gasteiger partial charge < -0.3 is 10.6 Å². The minimum Gasteiger partial charge on any atom is -0.330 e. The largest absolute Gasteiger partial charge is 0.330 e. The number of nitrogens with one attached hydrogen (secondary N) is 2. The molecule has 5 heteroatoms. The monoisotopic (exact) mass is 443 g/mol. The number of rotatable bonds is 6. The van der Waals surface area contributed by atoms with Gasteiger partial charge in [0.2, 0.25) is 0 Å². The Morgan fingerprint density at radius 2 is 1.61 bits per heavy atom. The van der Waals surface area contributed by atoms with Crippen molar-refractivity contribution in [3.05, 3.63) is 101 Å². The van der Waals surface area contributed by atoms with Gasteiger partial charge in [0.15, 0.2) is 0 Å². The van der Waals surface area contributed by atoms with Crippen LogP contribution in [0.5, 0.6) is 0 Å². The Morgan fingerprint density at radius 1 is 0.939 bits per heavy atom. The van der Waals surface area contributed by atoms with Crippen LogP contribution >= 0.6 is 0 Å². The van der Waals surface area contributed by atoms with E-state index in [1.807, 2.05) is 42.5 Å². The molecule has 3 aromatic rings. The van der Waals surface area contributed by atoms with E-state index in [0.29, 0.717) is 6.04 Å². The normalized spacial score (nSPS) is 19.2. The van der Waals surface area contributed by atoms with Crippen molar-refractivity contribution in [2.45, 2.75) is 43.7 Å². The summed E-state index contributed by atoms with van der Waals surface area (Å²) in [6, 6.07) is 25.2. The van der Waals surface area contributed by atoms with Crippen LogP contribution in [0.1, 0.15) is 29.5 Å².